The molecule has 0 bridgehead atoms. The van der Waals surface area contributed by atoms with E-state index in [0.717, 1.165) is 35.0 Å². The second-order valence-corrected chi connectivity index (χ2v) is 7.72. The fourth-order valence-corrected chi connectivity index (χ4v) is 4.35. The van der Waals surface area contributed by atoms with Crippen LogP contribution in [0.25, 0.3) is 10.6 Å². The van der Waals surface area contributed by atoms with Crippen molar-refractivity contribution in [2.45, 2.75) is 13.0 Å². The van der Waals surface area contributed by atoms with Gasteiger partial charge in [-0.3, -0.25) is 9.69 Å². The first-order valence-electron chi connectivity index (χ1n) is 9.01. The third-order valence-electron chi connectivity index (χ3n) is 4.62. The van der Waals surface area contributed by atoms with E-state index in [4.69, 9.17) is 9.72 Å². The van der Waals surface area contributed by atoms with Crippen molar-refractivity contribution in [3.63, 3.8) is 0 Å². The number of aromatic nitrogens is 1. The van der Waals surface area contributed by atoms with Gasteiger partial charge in [0.2, 0.25) is 5.91 Å². The average Bonchev–Trinajstić information content (AvgIpc) is 3.13. The Hall–Kier alpha value is -2.77. The van der Waals surface area contributed by atoms with E-state index in [0.29, 0.717) is 18.8 Å². The van der Waals surface area contributed by atoms with Crippen LogP contribution in [0.2, 0.25) is 0 Å². The van der Waals surface area contributed by atoms with Crippen LogP contribution in [0, 0.1) is 5.82 Å². The number of methoxy groups -OCH3 is 1. The van der Waals surface area contributed by atoms with Crippen molar-refractivity contribution >= 4 is 22.9 Å². The van der Waals surface area contributed by atoms with Gasteiger partial charge in [-0.2, -0.15) is 0 Å². The van der Waals surface area contributed by atoms with Gasteiger partial charge < -0.3 is 10.1 Å². The van der Waals surface area contributed by atoms with Gasteiger partial charge in [-0.15, -0.1) is 11.3 Å². The summed E-state index contributed by atoms with van der Waals surface area (Å²) in [5.41, 5.74) is 2.75. The number of ether oxygens (including phenoxy) is 1. The van der Waals surface area contributed by atoms with E-state index in [1.807, 2.05) is 24.3 Å². The molecule has 0 saturated heterocycles. The molecule has 7 heteroatoms. The number of hydrogen-bond acceptors (Lipinski definition) is 5. The number of halogens is 1. The Kier molecular flexibility index (Phi) is 5.36. The van der Waals surface area contributed by atoms with Crippen LogP contribution in [0.4, 0.5) is 10.1 Å². The average molecular weight is 397 g/mol. The topological polar surface area (TPSA) is 54.5 Å². The van der Waals surface area contributed by atoms with E-state index in [1.54, 1.807) is 30.6 Å². The Morgan fingerprint density at radius 3 is 2.89 bits per heavy atom. The van der Waals surface area contributed by atoms with E-state index in [2.05, 4.69) is 10.2 Å². The van der Waals surface area contributed by atoms with Gasteiger partial charge in [-0.1, -0.05) is 12.1 Å². The van der Waals surface area contributed by atoms with Crippen LogP contribution in [-0.2, 0) is 17.8 Å². The summed E-state index contributed by atoms with van der Waals surface area (Å²) < 4.78 is 18.3. The molecule has 0 saturated carbocycles. The maximum absolute atomic E-state index is 13.0. The summed E-state index contributed by atoms with van der Waals surface area (Å²) in [4.78, 5) is 20.4. The van der Waals surface area contributed by atoms with Crippen molar-refractivity contribution in [3.05, 3.63) is 64.9 Å². The van der Waals surface area contributed by atoms with Crippen LogP contribution in [0.15, 0.2) is 48.5 Å². The molecule has 2 aromatic carbocycles. The van der Waals surface area contributed by atoms with Crippen molar-refractivity contribution in [3.8, 4) is 16.3 Å². The van der Waals surface area contributed by atoms with E-state index in [1.165, 1.54) is 17.0 Å². The number of carbonyl (C=O) groups excluding carboxylic acids is 1. The number of thiazole rings is 1. The second-order valence-electron chi connectivity index (χ2n) is 6.64. The largest absolute Gasteiger partial charge is 0.497 e. The maximum atomic E-state index is 13.0. The zero-order valence-corrected chi connectivity index (χ0v) is 16.3. The molecule has 0 unspecified atom stereocenters. The summed E-state index contributed by atoms with van der Waals surface area (Å²) in [6.07, 6.45) is 0.819. The molecule has 1 N–H and O–H groups in total. The molecular formula is C21H20FN3O2S. The SMILES string of the molecule is COc1cccc(-c2nc3c(s2)CN(CC(=O)Nc2ccc(F)cc2)CC3)c1. The quantitative estimate of drug-likeness (QED) is 0.708. The molecule has 0 atom stereocenters. The van der Waals surface area contributed by atoms with E-state index >= 15 is 0 Å². The molecule has 0 radical (unpaired) electrons. The molecule has 144 valence electrons. The highest BCUT2D eigenvalue weighted by molar-refractivity contribution is 7.15. The van der Waals surface area contributed by atoms with Crippen molar-refractivity contribution in [2.75, 3.05) is 25.5 Å². The van der Waals surface area contributed by atoms with Crippen molar-refractivity contribution in [2.24, 2.45) is 0 Å². The monoisotopic (exact) mass is 397 g/mol. The standard InChI is InChI=1S/C21H20FN3O2S/c1-27-17-4-2-3-14(11-17)21-24-18-9-10-25(12-19(18)28-21)13-20(26)23-16-7-5-15(22)6-8-16/h2-8,11H,9-10,12-13H2,1H3,(H,23,26). The van der Waals surface area contributed by atoms with Crippen LogP contribution in [-0.4, -0.2) is 36.0 Å². The number of benzene rings is 2. The van der Waals surface area contributed by atoms with E-state index in [-0.39, 0.29) is 11.7 Å². The lowest BCUT2D eigenvalue weighted by molar-refractivity contribution is -0.117. The molecule has 1 aliphatic rings. The summed E-state index contributed by atoms with van der Waals surface area (Å²) in [6, 6.07) is 13.7. The van der Waals surface area contributed by atoms with Gasteiger partial charge in [-0.25, -0.2) is 9.37 Å². The van der Waals surface area contributed by atoms with Gasteiger partial charge in [0.1, 0.15) is 16.6 Å². The molecule has 3 aromatic rings. The van der Waals surface area contributed by atoms with E-state index < -0.39 is 0 Å². The molecule has 0 aliphatic carbocycles. The highest BCUT2D eigenvalue weighted by Gasteiger charge is 2.22. The van der Waals surface area contributed by atoms with Gasteiger partial charge in [-0.05, 0) is 36.4 Å². The van der Waals surface area contributed by atoms with Crippen LogP contribution in [0.1, 0.15) is 10.6 Å². The third-order valence-corrected chi connectivity index (χ3v) is 5.75. The molecule has 0 fully saturated rings. The normalized spacial score (nSPS) is 13.8. The molecule has 28 heavy (non-hydrogen) atoms. The first kappa shape index (κ1) is 18.6. The lowest BCUT2D eigenvalue weighted by Crippen LogP contribution is -2.36. The van der Waals surface area contributed by atoms with E-state index in [9.17, 15) is 9.18 Å². The van der Waals surface area contributed by atoms with Crippen molar-refractivity contribution in [1.82, 2.24) is 9.88 Å². The number of carbonyl (C=O) groups is 1. The number of nitrogens with one attached hydrogen (secondary N) is 1. The van der Waals surface area contributed by atoms with Crippen molar-refractivity contribution < 1.29 is 13.9 Å². The number of hydrogen-bond donors (Lipinski definition) is 1. The number of nitrogens with zero attached hydrogens (tertiary/aromatic N) is 2. The Labute approximate surface area is 166 Å². The second kappa shape index (κ2) is 8.08. The predicted octanol–water partition coefficient (Wildman–Crippen LogP) is 3.95. The Morgan fingerprint density at radius 1 is 1.29 bits per heavy atom. The van der Waals surface area contributed by atoms with Gasteiger partial charge in [0, 0.05) is 35.6 Å². The smallest absolute Gasteiger partial charge is 0.238 e. The van der Waals surface area contributed by atoms with Gasteiger partial charge in [0.05, 0.1) is 19.3 Å². The summed E-state index contributed by atoms with van der Waals surface area (Å²) in [5.74, 6) is 0.385. The number of anilines is 1. The Morgan fingerprint density at radius 2 is 2.11 bits per heavy atom. The summed E-state index contributed by atoms with van der Waals surface area (Å²) in [6.45, 7) is 1.78. The summed E-state index contributed by atoms with van der Waals surface area (Å²) in [7, 11) is 1.65. The third kappa shape index (κ3) is 4.21. The maximum Gasteiger partial charge on any atom is 0.238 e. The molecule has 0 spiro atoms. The molecular weight excluding hydrogens is 377 g/mol. The van der Waals surface area contributed by atoms with Crippen LogP contribution >= 0.6 is 11.3 Å². The minimum absolute atomic E-state index is 0.104. The first-order chi connectivity index (χ1) is 13.6. The zero-order valence-electron chi connectivity index (χ0n) is 15.4. The molecule has 1 aromatic heterocycles. The summed E-state index contributed by atoms with van der Waals surface area (Å²) >= 11 is 1.66. The van der Waals surface area contributed by atoms with Gasteiger partial charge in [0.25, 0.3) is 0 Å². The van der Waals surface area contributed by atoms with Crippen LogP contribution in [0.5, 0.6) is 5.75 Å². The number of rotatable bonds is 5. The zero-order chi connectivity index (χ0) is 19.5. The fourth-order valence-electron chi connectivity index (χ4n) is 3.20. The fraction of sp³-hybridized carbons (Fsp3) is 0.238. The van der Waals surface area contributed by atoms with Gasteiger partial charge in [0.15, 0.2) is 0 Å². The number of amides is 1. The molecule has 1 amide bonds. The van der Waals surface area contributed by atoms with Crippen molar-refractivity contribution in [1.29, 1.82) is 0 Å². The Bertz CT molecular complexity index is 988. The summed E-state index contributed by atoms with van der Waals surface area (Å²) in [5, 5.41) is 3.78. The Balaban J connectivity index is 1.41. The molecule has 2 heterocycles. The van der Waals surface area contributed by atoms with Crippen LogP contribution < -0.4 is 10.1 Å². The lowest BCUT2D eigenvalue weighted by atomic mass is 10.1. The minimum atomic E-state index is -0.321. The molecule has 1 aliphatic heterocycles. The molecule has 4 rings (SSSR count). The lowest BCUT2D eigenvalue weighted by Gasteiger charge is -2.25. The predicted molar refractivity (Wildman–Crippen MR) is 108 cm³/mol. The molecule has 5 nitrogen and oxygen atoms in total. The van der Waals surface area contributed by atoms with Crippen LogP contribution in [0.3, 0.4) is 0 Å². The highest BCUT2D eigenvalue weighted by atomic mass is 32.1. The minimum Gasteiger partial charge on any atom is -0.497 e. The highest BCUT2D eigenvalue weighted by Crippen LogP contribution is 2.33. The first-order valence-corrected chi connectivity index (χ1v) is 9.83. The van der Waals surface area contributed by atoms with Gasteiger partial charge >= 0.3 is 0 Å². The number of fused-ring (bicyclic) bond motifs is 1.